The molecule has 1 heterocycles. The van der Waals surface area contributed by atoms with E-state index in [1.165, 1.54) is 0 Å². The first-order chi connectivity index (χ1) is 13.0. The van der Waals surface area contributed by atoms with Gasteiger partial charge in [-0.1, -0.05) is 0 Å². The van der Waals surface area contributed by atoms with Crippen molar-refractivity contribution in [2.75, 3.05) is 27.3 Å². The zero-order valence-corrected chi connectivity index (χ0v) is 15.9. The van der Waals surface area contributed by atoms with Gasteiger partial charge >= 0.3 is 12.0 Å². The second-order valence-corrected chi connectivity index (χ2v) is 7.53. The van der Waals surface area contributed by atoms with Gasteiger partial charge in [0.25, 0.3) is 0 Å². The lowest BCUT2D eigenvalue weighted by atomic mass is 9.86. The maximum absolute atomic E-state index is 12.4. The minimum absolute atomic E-state index is 0.0340. The number of likely N-dealkylation sites (tertiary alicyclic amines) is 1. The van der Waals surface area contributed by atoms with E-state index in [1.54, 1.807) is 14.2 Å². The van der Waals surface area contributed by atoms with Crippen molar-refractivity contribution in [2.45, 2.75) is 38.1 Å². The summed E-state index contributed by atoms with van der Waals surface area (Å²) in [6, 6.07) is 5.92. The third-order valence-corrected chi connectivity index (χ3v) is 5.58. The molecule has 148 valence electrons. The molecule has 1 saturated carbocycles. The van der Waals surface area contributed by atoms with E-state index in [1.807, 2.05) is 23.1 Å². The topological polar surface area (TPSA) is 88.1 Å². The van der Waals surface area contributed by atoms with Gasteiger partial charge < -0.3 is 24.8 Å². The zero-order chi connectivity index (χ0) is 19.4. The Labute approximate surface area is 159 Å². The molecule has 2 aliphatic rings. The predicted octanol–water partition coefficient (Wildman–Crippen LogP) is 2.53. The van der Waals surface area contributed by atoms with E-state index in [-0.39, 0.29) is 18.0 Å². The molecule has 1 saturated heterocycles. The predicted molar refractivity (Wildman–Crippen MR) is 100 cm³/mol. The molecule has 0 aromatic heterocycles. The molecule has 1 aliphatic carbocycles. The fourth-order valence-corrected chi connectivity index (χ4v) is 3.93. The van der Waals surface area contributed by atoms with Crippen LogP contribution >= 0.6 is 0 Å². The molecular weight excluding hydrogens is 348 g/mol. The van der Waals surface area contributed by atoms with E-state index >= 15 is 0 Å². The molecule has 0 unspecified atom stereocenters. The van der Waals surface area contributed by atoms with E-state index in [9.17, 15) is 9.59 Å². The van der Waals surface area contributed by atoms with Crippen LogP contribution in [0, 0.1) is 11.8 Å². The number of rotatable bonds is 6. The van der Waals surface area contributed by atoms with Crippen LogP contribution in [0.15, 0.2) is 18.2 Å². The molecule has 2 N–H and O–H groups in total. The van der Waals surface area contributed by atoms with Crippen molar-refractivity contribution in [1.82, 2.24) is 10.2 Å². The number of ether oxygens (including phenoxy) is 2. The summed E-state index contributed by atoms with van der Waals surface area (Å²) < 4.78 is 10.6. The van der Waals surface area contributed by atoms with Crippen LogP contribution in [0.1, 0.15) is 31.2 Å². The van der Waals surface area contributed by atoms with Crippen molar-refractivity contribution in [3.8, 4) is 11.5 Å². The van der Waals surface area contributed by atoms with Crippen LogP contribution in [0.4, 0.5) is 4.79 Å². The second-order valence-electron chi connectivity index (χ2n) is 7.53. The summed E-state index contributed by atoms with van der Waals surface area (Å²) in [4.78, 5) is 25.2. The molecule has 27 heavy (non-hydrogen) atoms. The highest BCUT2D eigenvalue weighted by atomic mass is 16.5. The Morgan fingerprint density at radius 2 is 1.67 bits per heavy atom. The number of hydrogen-bond donors (Lipinski definition) is 2. The van der Waals surface area contributed by atoms with Crippen molar-refractivity contribution in [1.29, 1.82) is 0 Å². The number of benzene rings is 1. The fraction of sp³-hybridized carbons (Fsp3) is 0.600. The normalized spacial score (nSPS) is 22.7. The van der Waals surface area contributed by atoms with Gasteiger partial charge in [0.15, 0.2) is 0 Å². The highest BCUT2D eigenvalue weighted by Gasteiger charge is 2.33. The summed E-state index contributed by atoms with van der Waals surface area (Å²) in [5.74, 6) is 0.992. The van der Waals surface area contributed by atoms with E-state index in [0.717, 1.165) is 49.4 Å². The molecule has 0 atom stereocenters. The largest absolute Gasteiger partial charge is 0.497 e. The van der Waals surface area contributed by atoms with Gasteiger partial charge in [0, 0.05) is 25.2 Å². The number of carboxylic acid groups (broad SMARTS) is 1. The SMILES string of the molecule is COc1cc(CC2CN(C(=O)NC3CCC(C(=O)O)CC3)C2)cc(OC)c1. The summed E-state index contributed by atoms with van der Waals surface area (Å²) in [6.07, 6.45) is 3.63. The molecule has 1 aliphatic heterocycles. The first-order valence-electron chi connectivity index (χ1n) is 9.48. The first kappa shape index (κ1) is 19.3. The molecular formula is C20H28N2O5. The number of methoxy groups -OCH3 is 2. The average molecular weight is 376 g/mol. The molecule has 7 heteroatoms. The Balaban J connectivity index is 1.43. The van der Waals surface area contributed by atoms with Crippen molar-refractivity contribution < 1.29 is 24.2 Å². The summed E-state index contributed by atoms with van der Waals surface area (Å²) in [6.45, 7) is 1.46. The lowest BCUT2D eigenvalue weighted by Crippen LogP contribution is -2.56. The maximum atomic E-state index is 12.4. The van der Waals surface area contributed by atoms with Crippen LogP contribution in [0.25, 0.3) is 0 Å². The van der Waals surface area contributed by atoms with E-state index in [4.69, 9.17) is 14.6 Å². The van der Waals surface area contributed by atoms with E-state index < -0.39 is 5.97 Å². The summed E-state index contributed by atoms with van der Waals surface area (Å²) in [5, 5.41) is 12.1. The van der Waals surface area contributed by atoms with Gasteiger partial charge in [-0.3, -0.25) is 4.79 Å². The number of nitrogens with one attached hydrogen (secondary N) is 1. The molecule has 3 rings (SSSR count). The molecule has 7 nitrogen and oxygen atoms in total. The van der Waals surface area contributed by atoms with Gasteiger partial charge in [0.2, 0.25) is 0 Å². The maximum Gasteiger partial charge on any atom is 0.317 e. The summed E-state index contributed by atoms with van der Waals surface area (Å²) in [5.41, 5.74) is 1.14. The van der Waals surface area contributed by atoms with Gasteiger partial charge in [-0.2, -0.15) is 0 Å². The number of nitrogens with zero attached hydrogens (tertiary/aromatic N) is 1. The molecule has 1 aromatic rings. The van der Waals surface area contributed by atoms with Crippen molar-refractivity contribution in [2.24, 2.45) is 11.8 Å². The quantitative estimate of drug-likeness (QED) is 0.797. The first-order valence-corrected chi connectivity index (χ1v) is 9.48. The third kappa shape index (κ3) is 4.84. The highest BCUT2D eigenvalue weighted by Crippen LogP contribution is 2.28. The van der Waals surface area contributed by atoms with Crippen LogP contribution < -0.4 is 14.8 Å². The Kier molecular flexibility index (Phi) is 6.08. The van der Waals surface area contributed by atoms with Gasteiger partial charge in [-0.15, -0.1) is 0 Å². The fourth-order valence-electron chi connectivity index (χ4n) is 3.93. The number of carbonyl (C=O) groups excluding carboxylic acids is 1. The molecule has 0 spiro atoms. The Morgan fingerprint density at radius 1 is 1.07 bits per heavy atom. The number of carbonyl (C=O) groups is 2. The zero-order valence-electron chi connectivity index (χ0n) is 15.9. The lowest BCUT2D eigenvalue weighted by molar-refractivity contribution is -0.142. The smallest absolute Gasteiger partial charge is 0.317 e. The third-order valence-electron chi connectivity index (χ3n) is 5.58. The number of amides is 2. The van der Waals surface area contributed by atoms with Crippen molar-refractivity contribution in [3.05, 3.63) is 23.8 Å². The minimum Gasteiger partial charge on any atom is -0.497 e. The lowest BCUT2D eigenvalue weighted by Gasteiger charge is -2.40. The molecule has 0 bridgehead atoms. The van der Waals surface area contributed by atoms with Crippen LogP contribution in [0.5, 0.6) is 11.5 Å². The van der Waals surface area contributed by atoms with E-state index in [0.29, 0.717) is 18.8 Å². The van der Waals surface area contributed by atoms with Gasteiger partial charge in [-0.25, -0.2) is 4.79 Å². The van der Waals surface area contributed by atoms with Gasteiger partial charge in [0.1, 0.15) is 11.5 Å². The standard InChI is InChI=1S/C20H28N2O5/c1-26-17-8-13(9-18(10-17)27-2)7-14-11-22(12-14)20(25)21-16-5-3-15(4-6-16)19(23)24/h8-10,14-16H,3-7,11-12H2,1-2H3,(H,21,25)(H,23,24). The monoisotopic (exact) mass is 376 g/mol. The minimum atomic E-state index is -0.723. The molecule has 1 aromatic carbocycles. The molecule has 2 fully saturated rings. The molecule has 2 amide bonds. The van der Waals surface area contributed by atoms with Crippen molar-refractivity contribution in [3.63, 3.8) is 0 Å². The number of carboxylic acids is 1. The Bertz CT molecular complexity index is 657. The number of urea groups is 1. The number of aliphatic carboxylic acids is 1. The number of hydrogen-bond acceptors (Lipinski definition) is 4. The summed E-state index contributed by atoms with van der Waals surface area (Å²) >= 11 is 0. The average Bonchev–Trinajstić information content (AvgIpc) is 2.64. The van der Waals surface area contributed by atoms with Crippen LogP contribution in [-0.4, -0.2) is 55.4 Å². The molecule has 0 radical (unpaired) electrons. The Morgan fingerprint density at radius 3 is 2.19 bits per heavy atom. The van der Waals surface area contributed by atoms with Crippen molar-refractivity contribution >= 4 is 12.0 Å². The van der Waals surface area contributed by atoms with E-state index in [2.05, 4.69) is 5.32 Å². The highest BCUT2D eigenvalue weighted by molar-refractivity contribution is 5.75. The second kappa shape index (κ2) is 8.50. The summed E-state index contributed by atoms with van der Waals surface area (Å²) in [7, 11) is 3.27. The van der Waals surface area contributed by atoms with Crippen LogP contribution in [0.3, 0.4) is 0 Å². The Hall–Kier alpha value is -2.44. The van der Waals surface area contributed by atoms with Gasteiger partial charge in [0.05, 0.1) is 20.1 Å². The van der Waals surface area contributed by atoms with Crippen LogP contribution in [-0.2, 0) is 11.2 Å². The van der Waals surface area contributed by atoms with Crippen LogP contribution in [0.2, 0.25) is 0 Å². The van der Waals surface area contributed by atoms with Gasteiger partial charge in [-0.05, 0) is 55.7 Å².